The summed E-state index contributed by atoms with van der Waals surface area (Å²) in [5, 5.41) is 8.17. The molecule has 0 aliphatic heterocycles. The second-order valence-electron chi connectivity index (χ2n) is 6.15. The third kappa shape index (κ3) is 4.00. The van der Waals surface area contributed by atoms with E-state index in [2.05, 4.69) is 17.3 Å². The molecule has 1 fully saturated rings. The van der Waals surface area contributed by atoms with Crippen molar-refractivity contribution in [3.63, 3.8) is 0 Å². The van der Waals surface area contributed by atoms with E-state index in [9.17, 15) is 4.79 Å². The zero-order valence-electron chi connectivity index (χ0n) is 13.3. The van der Waals surface area contributed by atoms with Crippen LogP contribution in [0.25, 0.3) is 0 Å². The van der Waals surface area contributed by atoms with Crippen LogP contribution in [0.3, 0.4) is 0 Å². The minimum absolute atomic E-state index is 0.0469. The SMILES string of the molecule is CCCCC1CCCC1NC(=O)Cn1nc(C)c(Cl)c1C. The van der Waals surface area contributed by atoms with Crippen LogP contribution in [0.4, 0.5) is 0 Å². The van der Waals surface area contributed by atoms with Crippen molar-refractivity contribution in [3.8, 4) is 0 Å². The quantitative estimate of drug-likeness (QED) is 0.872. The van der Waals surface area contributed by atoms with E-state index >= 15 is 0 Å². The Balaban J connectivity index is 1.90. The molecular weight excluding hydrogens is 286 g/mol. The van der Waals surface area contributed by atoms with Gasteiger partial charge in [-0.25, -0.2) is 0 Å². The first-order chi connectivity index (χ1) is 10.0. The van der Waals surface area contributed by atoms with Crippen LogP contribution >= 0.6 is 11.6 Å². The van der Waals surface area contributed by atoms with Crippen LogP contribution in [0.15, 0.2) is 0 Å². The van der Waals surface area contributed by atoms with E-state index in [1.807, 2.05) is 13.8 Å². The summed E-state index contributed by atoms with van der Waals surface area (Å²) in [5.74, 6) is 0.698. The van der Waals surface area contributed by atoms with Crippen molar-refractivity contribution < 1.29 is 4.79 Å². The molecule has 2 atom stereocenters. The van der Waals surface area contributed by atoms with Crippen molar-refractivity contribution in [2.45, 2.75) is 71.9 Å². The maximum absolute atomic E-state index is 12.2. The second-order valence-corrected chi connectivity index (χ2v) is 6.53. The van der Waals surface area contributed by atoms with Crippen LogP contribution in [0.5, 0.6) is 0 Å². The standard InChI is InChI=1S/C16H26ClN3O/c1-4-5-7-13-8-6-9-14(13)18-15(21)10-20-12(3)16(17)11(2)19-20/h13-14H,4-10H2,1-3H3,(H,18,21). The minimum atomic E-state index is 0.0469. The van der Waals surface area contributed by atoms with Crippen molar-refractivity contribution >= 4 is 17.5 Å². The van der Waals surface area contributed by atoms with Gasteiger partial charge in [-0.2, -0.15) is 5.10 Å². The van der Waals surface area contributed by atoms with E-state index in [1.54, 1.807) is 4.68 Å². The first kappa shape index (κ1) is 16.3. The first-order valence-electron chi connectivity index (χ1n) is 8.01. The van der Waals surface area contributed by atoms with Crippen LogP contribution in [-0.2, 0) is 11.3 Å². The van der Waals surface area contributed by atoms with Crippen LogP contribution < -0.4 is 5.32 Å². The van der Waals surface area contributed by atoms with E-state index in [0.717, 1.165) is 17.8 Å². The molecule has 118 valence electrons. The summed E-state index contributed by atoms with van der Waals surface area (Å²) in [6.07, 6.45) is 7.29. The minimum Gasteiger partial charge on any atom is -0.351 e. The monoisotopic (exact) mass is 311 g/mol. The number of hydrogen-bond donors (Lipinski definition) is 1. The first-order valence-corrected chi connectivity index (χ1v) is 8.39. The fourth-order valence-electron chi connectivity index (χ4n) is 3.26. The number of aryl methyl sites for hydroxylation is 1. The van der Waals surface area contributed by atoms with Gasteiger partial charge in [0.2, 0.25) is 5.91 Å². The van der Waals surface area contributed by atoms with E-state index in [0.29, 0.717) is 17.0 Å². The largest absolute Gasteiger partial charge is 0.351 e. The average molecular weight is 312 g/mol. The number of unbranched alkanes of at least 4 members (excludes halogenated alkanes) is 1. The maximum Gasteiger partial charge on any atom is 0.241 e. The second kappa shape index (κ2) is 7.30. The van der Waals surface area contributed by atoms with Crippen molar-refractivity contribution in [2.75, 3.05) is 0 Å². The normalized spacial score (nSPS) is 21.7. The molecule has 2 unspecified atom stereocenters. The number of aromatic nitrogens is 2. The van der Waals surface area contributed by atoms with Gasteiger partial charge < -0.3 is 5.32 Å². The molecule has 1 aliphatic rings. The van der Waals surface area contributed by atoms with Gasteiger partial charge in [0.1, 0.15) is 6.54 Å². The average Bonchev–Trinajstić information content (AvgIpc) is 2.97. The fraction of sp³-hybridized carbons (Fsp3) is 0.750. The molecule has 0 saturated heterocycles. The summed E-state index contributed by atoms with van der Waals surface area (Å²) in [4.78, 5) is 12.2. The lowest BCUT2D eigenvalue weighted by Crippen LogP contribution is -2.39. The molecule has 0 aromatic carbocycles. The van der Waals surface area contributed by atoms with Gasteiger partial charge in [0.15, 0.2) is 0 Å². The number of nitrogens with zero attached hydrogens (tertiary/aromatic N) is 2. The highest BCUT2D eigenvalue weighted by atomic mass is 35.5. The van der Waals surface area contributed by atoms with Crippen molar-refractivity contribution in [1.29, 1.82) is 0 Å². The number of carbonyl (C=O) groups is 1. The van der Waals surface area contributed by atoms with Crippen molar-refractivity contribution in [3.05, 3.63) is 16.4 Å². The number of halogens is 1. The molecule has 1 N–H and O–H groups in total. The van der Waals surface area contributed by atoms with E-state index in [1.165, 1.54) is 32.1 Å². The Morgan fingerprint density at radius 2 is 2.19 bits per heavy atom. The number of carbonyl (C=O) groups excluding carboxylic acids is 1. The molecule has 1 aliphatic carbocycles. The summed E-state index contributed by atoms with van der Waals surface area (Å²) >= 11 is 6.12. The molecule has 0 bridgehead atoms. The third-order valence-electron chi connectivity index (χ3n) is 4.52. The topological polar surface area (TPSA) is 46.9 Å². The Hall–Kier alpha value is -1.03. The zero-order chi connectivity index (χ0) is 15.4. The number of nitrogens with one attached hydrogen (secondary N) is 1. The molecular formula is C16H26ClN3O. The highest BCUT2D eigenvalue weighted by Crippen LogP contribution is 2.29. The lowest BCUT2D eigenvalue weighted by atomic mass is 9.97. The van der Waals surface area contributed by atoms with E-state index in [-0.39, 0.29) is 12.5 Å². The molecule has 2 rings (SSSR count). The van der Waals surface area contributed by atoms with Crippen LogP contribution in [-0.4, -0.2) is 21.7 Å². The molecule has 4 nitrogen and oxygen atoms in total. The van der Waals surface area contributed by atoms with Crippen LogP contribution in [0.2, 0.25) is 5.02 Å². The van der Waals surface area contributed by atoms with Gasteiger partial charge in [0.25, 0.3) is 0 Å². The number of rotatable bonds is 6. The smallest absolute Gasteiger partial charge is 0.241 e. The molecule has 1 aromatic rings. The highest BCUT2D eigenvalue weighted by Gasteiger charge is 2.28. The molecule has 1 amide bonds. The predicted octanol–water partition coefficient (Wildman–Crippen LogP) is 3.63. The molecule has 21 heavy (non-hydrogen) atoms. The van der Waals surface area contributed by atoms with Gasteiger partial charge in [0, 0.05) is 6.04 Å². The summed E-state index contributed by atoms with van der Waals surface area (Å²) in [6, 6.07) is 0.344. The van der Waals surface area contributed by atoms with Gasteiger partial charge in [-0.1, -0.05) is 37.8 Å². The predicted molar refractivity (Wildman–Crippen MR) is 85.5 cm³/mol. The van der Waals surface area contributed by atoms with Gasteiger partial charge in [-0.05, 0) is 39.0 Å². The third-order valence-corrected chi connectivity index (χ3v) is 5.07. The van der Waals surface area contributed by atoms with Gasteiger partial charge in [-0.15, -0.1) is 0 Å². The van der Waals surface area contributed by atoms with Crippen molar-refractivity contribution in [2.24, 2.45) is 5.92 Å². The highest BCUT2D eigenvalue weighted by molar-refractivity contribution is 6.31. The van der Waals surface area contributed by atoms with Gasteiger partial charge in [-0.3, -0.25) is 9.48 Å². The van der Waals surface area contributed by atoms with Crippen molar-refractivity contribution in [1.82, 2.24) is 15.1 Å². The number of amides is 1. The van der Waals surface area contributed by atoms with E-state index < -0.39 is 0 Å². The van der Waals surface area contributed by atoms with Crippen LogP contribution in [0.1, 0.15) is 56.8 Å². The summed E-state index contributed by atoms with van der Waals surface area (Å²) in [7, 11) is 0. The lowest BCUT2D eigenvalue weighted by Gasteiger charge is -2.21. The van der Waals surface area contributed by atoms with Crippen LogP contribution in [0, 0.1) is 19.8 Å². The Morgan fingerprint density at radius 1 is 1.43 bits per heavy atom. The van der Waals surface area contributed by atoms with Gasteiger partial charge in [0.05, 0.1) is 16.4 Å². The Morgan fingerprint density at radius 3 is 2.81 bits per heavy atom. The maximum atomic E-state index is 12.2. The molecule has 1 saturated carbocycles. The molecule has 0 spiro atoms. The fourth-order valence-corrected chi connectivity index (χ4v) is 3.39. The summed E-state index contributed by atoms with van der Waals surface area (Å²) < 4.78 is 1.70. The summed E-state index contributed by atoms with van der Waals surface area (Å²) in [5.41, 5.74) is 1.64. The van der Waals surface area contributed by atoms with Gasteiger partial charge >= 0.3 is 0 Å². The molecule has 1 aromatic heterocycles. The Kier molecular flexibility index (Phi) is 5.68. The van der Waals surface area contributed by atoms with E-state index in [4.69, 9.17) is 11.6 Å². The Labute approximate surface area is 132 Å². The molecule has 1 heterocycles. The Bertz CT molecular complexity index is 498. The molecule has 0 radical (unpaired) electrons. The summed E-state index contributed by atoms with van der Waals surface area (Å²) in [6.45, 7) is 6.24. The lowest BCUT2D eigenvalue weighted by molar-refractivity contribution is -0.122. The molecule has 5 heteroatoms. The number of hydrogen-bond acceptors (Lipinski definition) is 2. The zero-order valence-corrected chi connectivity index (χ0v) is 14.0.